The molecule has 2 amide bonds. The number of ether oxygens (including phenoxy) is 1. The van der Waals surface area contributed by atoms with E-state index in [9.17, 15) is 9.59 Å². The number of para-hydroxylation sites is 2. The predicted octanol–water partition coefficient (Wildman–Crippen LogP) is 2.89. The monoisotopic (exact) mass is 304 g/mol. The summed E-state index contributed by atoms with van der Waals surface area (Å²) in [6.07, 6.45) is 0.00579. The van der Waals surface area contributed by atoms with Gasteiger partial charge in [0.2, 0.25) is 0 Å². The molecule has 0 unspecified atom stereocenters. The molecule has 0 saturated heterocycles. The zero-order valence-electron chi connectivity index (χ0n) is 11.8. The van der Waals surface area contributed by atoms with Crippen molar-refractivity contribution in [1.29, 1.82) is 0 Å². The second-order valence-electron chi connectivity index (χ2n) is 4.65. The Morgan fingerprint density at radius 1 is 1.14 bits per heavy atom. The van der Waals surface area contributed by atoms with Gasteiger partial charge in [0.15, 0.2) is 0 Å². The van der Waals surface area contributed by atoms with E-state index >= 15 is 0 Å². The number of carbonyl (C=O) groups is 2. The zero-order valence-corrected chi connectivity index (χ0v) is 12.6. The smallest absolute Gasteiger partial charge is 0.265 e. The third kappa shape index (κ3) is 3.82. The molecular weight excluding hydrogens is 288 g/mol. The molecule has 1 aromatic carbocycles. The lowest BCUT2D eigenvalue weighted by Crippen LogP contribution is -2.13. The topological polar surface area (TPSA) is 81.4 Å². The van der Waals surface area contributed by atoms with E-state index in [0.717, 1.165) is 11.3 Å². The molecular formula is C15H16N2O3S. The molecule has 2 rings (SSSR count). The van der Waals surface area contributed by atoms with Crippen molar-refractivity contribution in [2.24, 2.45) is 5.73 Å². The van der Waals surface area contributed by atoms with Gasteiger partial charge in [-0.05, 0) is 38.1 Å². The van der Waals surface area contributed by atoms with Crippen LogP contribution in [-0.2, 0) is 0 Å². The first-order valence-electron chi connectivity index (χ1n) is 6.44. The molecule has 5 nitrogen and oxygen atoms in total. The van der Waals surface area contributed by atoms with E-state index in [0.29, 0.717) is 21.2 Å². The van der Waals surface area contributed by atoms with Crippen molar-refractivity contribution in [2.45, 2.75) is 20.0 Å². The van der Waals surface area contributed by atoms with Crippen LogP contribution in [-0.4, -0.2) is 17.9 Å². The Bertz CT molecular complexity index is 664. The molecule has 0 radical (unpaired) electrons. The average molecular weight is 304 g/mol. The van der Waals surface area contributed by atoms with Gasteiger partial charge < -0.3 is 15.8 Å². The third-order valence-corrected chi connectivity index (χ3v) is 3.67. The zero-order chi connectivity index (χ0) is 15.4. The molecule has 0 spiro atoms. The fourth-order valence-corrected chi connectivity index (χ4v) is 2.46. The molecule has 0 atom stereocenters. The van der Waals surface area contributed by atoms with Gasteiger partial charge in [-0.25, -0.2) is 0 Å². The van der Waals surface area contributed by atoms with E-state index in [4.69, 9.17) is 10.5 Å². The summed E-state index contributed by atoms with van der Waals surface area (Å²) in [6, 6.07) is 10.3. The molecule has 0 bridgehead atoms. The number of anilines is 1. The van der Waals surface area contributed by atoms with Crippen LogP contribution < -0.4 is 15.8 Å². The van der Waals surface area contributed by atoms with Gasteiger partial charge >= 0.3 is 0 Å². The lowest BCUT2D eigenvalue weighted by atomic mass is 10.2. The summed E-state index contributed by atoms with van der Waals surface area (Å²) in [5.74, 6) is -0.234. The minimum atomic E-state index is -0.539. The number of thiophene rings is 1. The first-order chi connectivity index (χ1) is 9.97. The maximum absolute atomic E-state index is 12.2. The number of hydrogen-bond acceptors (Lipinski definition) is 4. The highest BCUT2D eigenvalue weighted by Crippen LogP contribution is 2.26. The van der Waals surface area contributed by atoms with E-state index in [-0.39, 0.29) is 12.0 Å². The summed E-state index contributed by atoms with van der Waals surface area (Å²) in [7, 11) is 0. The highest BCUT2D eigenvalue weighted by Gasteiger charge is 2.14. The van der Waals surface area contributed by atoms with E-state index in [1.54, 1.807) is 24.3 Å². The van der Waals surface area contributed by atoms with Crippen LogP contribution in [0, 0.1) is 0 Å². The molecule has 1 heterocycles. The molecule has 110 valence electrons. The standard InChI is InChI=1S/C15H16N2O3S/c1-9(2)20-11-6-4-3-5-10(11)17-15(19)13-8-7-12(21-13)14(16)18/h3-9H,1-2H3,(H2,16,18)(H,17,19). The van der Waals surface area contributed by atoms with Crippen molar-refractivity contribution in [1.82, 2.24) is 0 Å². The molecule has 0 saturated carbocycles. The number of nitrogens with one attached hydrogen (secondary N) is 1. The second kappa shape index (κ2) is 6.41. The Morgan fingerprint density at radius 2 is 1.81 bits per heavy atom. The molecule has 3 N–H and O–H groups in total. The molecule has 0 aliphatic rings. The van der Waals surface area contributed by atoms with Crippen molar-refractivity contribution < 1.29 is 14.3 Å². The number of hydrogen-bond donors (Lipinski definition) is 2. The summed E-state index contributed by atoms with van der Waals surface area (Å²) in [5.41, 5.74) is 5.77. The van der Waals surface area contributed by atoms with Gasteiger partial charge in [0.25, 0.3) is 11.8 Å². The fourth-order valence-electron chi connectivity index (χ4n) is 1.70. The van der Waals surface area contributed by atoms with Crippen LogP contribution >= 0.6 is 11.3 Å². The van der Waals surface area contributed by atoms with Crippen molar-refractivity contribution in [3.8, 4) is 5.75 Å². The Kier molecular flexibility index (Phi) is 4.59. The van der Waals surface area contributed by atoms with Gasteiger partial charge in [0, 0.05) is 0 Å². The largest absolute Gasteiger partial charge is 0.489 e. The van der Waals surface area contributed by atoms with Crippen LogP contribution in [0.4, 0.5) is 5.69 Å². The normalized spacial score (nSPS) is 10.4. The number of primary amides is 1. The highest BCUT2D eigenvalue weighted by molar-refractivity contribution is 7.16. The molecule has 1 aromatic heterocycles. The lowest BCUT2D eigenvalue weighted by molar-refractivity contribution is 0.100. The maximum atomic E-state index is 12.2. The minimum absolute atomic E-state index is 0.00579. The highest BCUT2D eigenvalue weighted by atomic mass is 32.1. The predicted molar refractivity (Wildman–Crippen MR) is 83.0 cm³/mol. The Labute approximate surface area is 126 Å². The van der Waals surface area contributed by atoms with Gasteiger partial charge in [0.05, 0.1) is 21.5 Å². The molecule has 21 heavy (non-hydrogen) atoms. The Balaban J connectivity index is 2.17. The average Bonchev–Trinajstić information content (AvgIpc) is 2.90. The van der Waals surface area contributed by atoms with E-state index in [1.165, 1.54) is 0 Å². The molecule has 2 aromatic rings. The molecule has 6 heteroatoms. The first kappa shape index (κ1) is 15.1. The van der Waals surface area contributed by atoms with Gasteiger partial charge in [-0.2, -0.15) is 0 Å². The van der Waals surface area contributed by atoms with E-state index < -0.39 is 5.91 Å². The van der Waals surface area contributed by atoms with Crippen LogP contribution in [0.5, 0.6) is 5.75 Å². The number of rotatable bonds is 5. The Morgan fingerprint density at radius 3 is 2.43 bits per heavy atom. The van der Waals surface area contributed by atoms with Gasteiger partial charge in [0.1, 0.15) is 5.75 Å². The Hall–Kier alpha value is -2.34. The van der Waals surface area contributed by atoms with Crippen molar-refractivity contribution in [3.05, 3.63) is 46.2 Å². The summed E-state index contributed by atoms with van der Waals surface area (Å²) in [6.45, 7) is 3.83. The number of nitrogens with two attached hydrogens (primary N) is 1. The van der Waals surface area contributed by atoms with Gasteiger partial charge in [-0.15, -0.1) is 11.3 Å². The number of benzene rings is 1. The fraction of sp³-hybridized carbons (Fsp3) is 0.200. The van der Waals surface area contributed by atoms with Crippen molar-refractivity contribution in [3.63, 3.8) is 0 Å². The summed E-state index contributed by atoms with van der Waals surface area (Å²) < 4.78 is 5.64. The second-order valence-corrected chi connectivity index (χ2v) is 5.73. The van der Waals surface area contributed by atoms with Crippen LogP contribution in [0.25, 0.3) is 0 Å². The van der Waals surface area contributed by atoms with Crippen LogP contribution in [0.15, 0.2) is 36.4 Å². The van der Waals surface area contributed by atoms with Crippen LogP contribution in [0.1, 0.15) is 33.2 Å². The molecule has 0 fully saturated rings. The third-order valence-electron chi connectivity index (χ3n) is 2.57. The quantitative estimate of drug-likeness (QED) is 0.891. The van der Waals surface area contributed by atoms with E-state index in [1.807, 2.05) is 26.0 Å². The van der Waals surface area contributed by atoms with Crippen LogP contribution in [0.2, 0.25) is 0 Å². The van der Waals surface area contributed by atoms with E-state index in [2.05, 4.69) is 5.32 Å². The molecule has 0 aliphatic carbocycles. The van der Waals surface area contributed by atoms with Gasteiger partial charge in [-0.3, -0.25) is 9.59 Å². The summed E-state index contributed by atoms with van der Waals surface area (Å²) >= 11 is 1.06. The number of amides is 2. The lowest BCUT2D eigenvalue weighted by Gasteiger charge is -2.14. The summed E-state index contributed by atoms with van der Waals surface area (Å²) in [4.78, 5) is 24.0. The van der Waals surface area contributed by atoms with Crippen molar-refractivity contribution in [2.75, 3.05) is 5.32 Å². The first-order valence-corrected chi connectivity index (χ1v) is 7.25. The SMILES string of the molecule is CC(C)Oc1ccccc1NC(=O)c1ccc(C(N)=O)s1. The van der Waals surface area contributed by atoms with Crippen LogP contribution in [0.3, 0.4) is 0 Å². The minimum Gasteiger partial charge on any atom is -0.489 e. The number of carbonyl (C=O) groups excluding carboxylic acids is 2. The van der Waals surface area contributed by atoms with Crippen molar-refractivity contribution >= 4 is 28.8 Å². The maximum Gasteiger partial charge on any atom is 0.265 e. The van der Waals surface area contributed by atoms with Gasteiger partial charge in [-0.1, -0.05) is 12.1 Å². The molecule has 0 aliphatic heterocycles. The summed E-state index contributed by atoms with van der Waals surface area (Å²) in [5, 5.41) is 2.78.